The Morgan fingerprint density at radius 1 is 1.43 bits per heavy atom. The summed E-state index contributed by atoms with van der Waals surface area (Å²) >= 11 is 1.74. The topological polar surface area (TPSA) is 58.5 Å². The molecule has 5 nitrogen and oxygen atoms in total. The van der Waals surface area contributed by atoms with E-state index < -0.39 is 0 Å². The molecule has 0 bridgehead atoms. The molecule has 1 saturated heterocycles. The summed E-state index contributed by atoms with van der Waals surface area (Å²) in [5.74, 6) is 0.871. The molecule has 2 rings (SSSR count). The van der Waals surface area contributed by atoms with Gasteiger partial charge in [-0.15, -0.1) is 11.3 Å². The van der Waals surface area contributed by atoms with E-state index in [0.29, 0.717) is 6.10 Å². The van der Waals surface area contributed by atoms with Crippen molar-refractivity contribution < 1.29 is 4.74 Å². The van der Waals surface area contributed by atoms with Gasteiger partial charge in [0, 0.05) is 36.9 Å². The van der Waals surface area contributed by atoms with Gasteiger partial charge < -0.3 is 15.4 Å². The van der Waals surface area contributed by atoms with Gasteiger partial charge in [-0.2, -0.15) is 0 Å². The van der Waals surface area contributed by atoms with E-state index in [4.69, 9.17) is 9.72 Å². The van der Waals surface area contributed by atoms with Crippen LogP contribution in [0.5, 0.6) is 0 Å². The molecule has 130 valence electrons. The van der Waals surface area contributed by atoms with E-state index in [-0.39, 0.29) is 5.41 Å². The summed E-state index contributed by atoms with van der Waals surface area (Å²) in [5, 5.41) is 10.0. The van der Waals surface area contributed by atoms with Crippen LogP contribution in [0.15, 0.2) is 10.4 Å². The van der Waals surface area contributed by atoms with Gasteiger partial charge in [0.1, 0.15) is 0 Å². The van der Waals surface area contributed by atoms with E-state index in [1.165, 1.54) is 10.7 Å². The van der Waals surface area contributed by atoms with Gasteiger partial charge in [-0.3, -0.25) is 4.99 Å². The number of ether oxygens (including phenoxy) is 1. The molecule has 1 aliphatic heterocycles. The van der Waals surface area contributed by atoms with Gasteiger partial charge >= 0.3 is 0 Å². The Kier molecular flexibility index (Phi) is 6.84. The van der Waals surface area contributed by atoms with E-state index in [1.54, 1.807) is 11.3 Å². The maximum atomic E-state index is 5.62. The van der Waals surface area contributed by atoms with Gasteiger partial charge in [-0.05, 0) is 19.8 Å². The third kappa shape index (κ3) is 6.11. The van der Waals surface area contributed by atoms with Gasteiger partial charge in [-0.1, -0.05) is 20.8 Å². The molecule has 1 aliphatic rings. The molecule has 0 radical (unpaired) electrons. The first-order chi connectivity index (χ1) is 11.0. The average Bonchev–Trinajstić information content (AvgIpc) is 3.15. The molecule has 6 heteroatoms. The molecular formula is C17H30N4OS. The second-order valence-corrected chi connectivity index (χ2v) is 7.85. The predicted octanol–water partition coefficient (Wildman–Crippen LogP) is 2.72. The van der Waals surface area contributed by atoms with Crippen LogP contribution in [0, 0.1) is 0 Å². The molecule has 2 heterocycles. The molecule has 1 aromatic rings. The van der Waals surface area contributed by atoms with Gasteiger partial charge in [0.25, 0.3) is 0 Å². The van der Waals surface area contributed by atoms with Gasteiger partial charge in [0.05, 0.1) is 23.4 Å². The number of aromatic nitrogens is 1. The second kappa shape index (κ2) is 8.64. The van der Waals surface area contributed by atoms with E-state index in [1.807, 2.05) is 0 Å². The summed E-state index contributed by atoms with van der Waals surface area (Å²) in [5.41, 5.74) is 1.30. The number of hydrogen-bond donors (Lipinski definition) is 2. The molecule has 0 aromatic carbocycles. The minimum absolute atomic E-state index is 0.125. The van der Waals surface area contributed by atoms with E-state index in [2.05, 4.69) is 48.7 Å². The molecule has 1 fully saturated rings. The van der Waals surface area contributed by atoms with Crippen LogP contribution in [0.3, 0.4) is 0 Å². The number of hydrogen-bond acceptors (Lipinski definition) is 4. The van der Waals surface area contributed by atoms with Crippen LogP contribution in [-0.2, 0) is 16.6 Å². The quantitative estimate of drug-likeness (QED) is 0.618. The number of rotatable bonds is 6. The summed E-state index contributed by atoms with van der Waals surface area (Å²) in [4.78, 5) is 9.36. The Morgan fingerprint density at radius 2 is 2.26 bits per heavy atom. The molecule has 1 unspecified atom stereocenters. The van der Waals surface area contributed by atoms with Crippen molar-refractivity contribution in [2.75, 3.05) is 26.2 Å². The van der Waals surface area contributed by atoms with Crippen LogP contribution >= 0.6 is 11.3 Å². The van der Waals surface area contributed by atoms with E-state index >= 15 is 0 Å². The van der Waals surface area contributed by atoms with Crippen molar-refractivity contribution in [3.63, 3.8) is 0 Å². The van der Waals surface area contributed by atoms with Crippen LogP contribution in [-0.4, -0.2) is 43.3 Å². The van der Waals surface area contributed by atoms with Gasteiger partial charge in [0.2, 0.25) is 0 Å². The van der Waals surface area contributed by atoms with Gasteiger partial charge in [0.15, 0.2) is 5.96 Å². The third-order valence-corrected chi connectivity index (χ3v) is 4.68. The normalized spacial score (nSPS) is 19.1. The monoisotopic (exact) mass is 338 g/mol. The lowest BCUT2D eigenvalue weighted by atomic mass is 9.93. The van der Waals surface area contributed by atoms with E-state index in [9.17, 15) is 0 Å². The fraction of sp³-hybridized carbons (Fsp3) is 0.765. The van der Waals surface area contributed by atoms with Crippen LogP contribution in [0.25, 0.3) is 0 Å². The summed E-state index contributed by atoms with van der Waals surface area (Å²) in [6.45, 7) is 12.0. The Hall–Kier alpha value is -1.14. The Morgan fingerprint density at radius 3 is 2.87 bits per heavy atom. The minimum atomic E-state index is 0.125. The Balaban J connectivity index is 1.79. The first-order valence-corrected chi connectivity index (χ1v) is 9.45. The van der Waals surface area contributed by atoms with Crippen molar-refractivity contribution >= 4 is 17.3 Å². The zero-order valence-corrected chi connectivity index (χ0v) is 15.6. The third-order valence-electron chi connectivity index (χ3n) is 3.77. The first-order valence-electron chi connectivity index (χ1n) is 8.57. The van der Waals surface area contributed by atoms with Gasteiger partial charge in [-0.25, -0.2) is 4.98 Å². The zero-order valence-electron chi connectivity index (χ0n) is 14.8. The highest BCUT2D eigenvalue weighted by Gasteiger charge is 2.17. The SMILES string of the molecule is CCNC(=NCC1CCCO1)NCCc1nc(C(C)(C)C)cs1. The van der Waals surface area contributed by atoms with E-state index in [0.717, 1.165) is 51.5 Å². The van der Waals surface area contributed by atoms with Crippen molar-refractivity contribution in [1.29, 1.82) is 0 Å². The lowest BCUT2D eigenvalue weighted by Crippen LogP contribution is -2.39. The Labute approximate surface area is 144 Å². The number of aliphatic imine (C=N–C) groups is 1. The average molecular weight is 339 g/mol. The van der Waals surface area contributed by atoms with Crippen LogP contribution in [0.2, 0.25) is 0 Å². The Bertz CT molecular complexity index is 501. The minimum Gasteiger partial charge on any atom is -0.376 e. The summed E-state index contributed by atoms with van der Waals surface area (Å²) in [6.07, 6.45) is 3.49. The maximum Gasteiger partial charge on any atom is 0.191 e. The molecular weight excluding hydrogens is 308 g/mol. The molecule has 0 spiro atoms. The number of nitrogens with zero attached hydrogens (tertiary/aromatic N) is 2. The lowest BCUT2D eigenvalue weighted by Gasteiger charge is -2.14. The molecule has 0 saturated carbocycles. The summed E-state index contributed by atoms with van der Waals surface area (Å²) in [7, 11) is 0. The van der Waals surface area contributed by atoms with Crippen LogP contribution in [0.1, 0.15) is 51.2 Å². The first kappa shape index (κ1) is 18.2. The lowest BCUT2D eigenvalue weighted by molar-refractivity contribution is 0.117. The highest BCUT2D eigenvalue weighted by Crippen LogP contribution is 2.23. The fourth-order valence-electron chi connectivity index (χ4n) is 2.38. The molecule has 0 aliphatic carbocycles. The predicted molar refractivity (Wildman–Crippen MR) is 97.5 cm³/mol. The van der Waals surface area contributed by atoms with Crippen LogP contribution < -0.4 is 10.6 Å². The fourth-order valence-corrected chi connectivity index (χ4v) is 3.41. The molecule has 2 N–H and O–H groups in total. The number of nitrogens with one attached hydrogen (secondary N) is 2. The number of guanidine groups is 1. The molecule has 1 aromatic heterocycles. The van der Waals surface area contributed by atoms with Crippen molar-refractivity contribution in [3.8, 4) is 0 Å². The zero-order chi connectivity index (χ0) is 16.7. The largest absolute Gasteiger partial charge is 0.376 e. The summed E-state index contributed by atoms with van der Waals surface area (Å²) < 4.78 is 5.62. The highest BCUT2D eigenvalue weighted by molar-refractivity contribution is 7.09. The summed E-state index contributed by atoms with van der Waals surface area (Å²) in [6, 6.07) is 0. The number of thiazole rings is 1. The molecule has 1 atom stereocenters. The maximum absolute atomic E-state index is 5.62. The van der Waals surface area contributed by atoms with Crippen molar-refractivity contribution in [1.82, 2.24) is 15.6 Å². The highest BCUT2D eigenvalue weighted by atomic mass is 32.1. The molecule has 23 heavy (non-hydrogen) atoms. The molecule has 0 amide bonds. The van der Waals surface area contributed by atoms with Crippen molar-refractivity contribution in [2.45, 2.75) is 58.5 Å². The smallest absolute Gasteiger partial charge is 0.191 e. The van der Waals surface area contributed by atoms with Crippen LogP contribution in [0.4, 0.5) is 0 Å². The van der Waals surface area contributed by atoms with Crippen molar-refractivity contribution in [2.24, 2.45) is 4.99 Å². The standard InChI is InChI=1S/C17H30N4OS/c1-5-18-16(20-11-13-7-6-10-22-13)19-9-8-15-21-14(12-23-15)17(2,3)4/h12-13H,5-11H2,1-4H3,(H2,18,19,20). The van der Waals surface area contributed by atoms with Crippen molar-refractivity contribution in [3.05, 3.63) is 16.1 Å². The second-order valence-electron chi connectivity index (χ2n) is 6.91.